The first-order valence-corrected chi connectivity index (χ1v) is 12.9. The van der Waals surface area contributed by atoms with Gasteiger partial charge in [0.2, 0.25) is 0 Å². The molecule has 0 saturated carbocycles. The van der Waals surface area contributed by atoms with Gasteiger partial charge in [-0.05, 0) is 55.0 Å². The summed E-state index contributed by atoms with van der Waals surface area (Å²) in [6, 6.07) is 8.00. The Bertz CT molecular complexity index is 1040. The molecule has 0 unspecified atom stereocenters. The van der Waals surface area contributed by atoms with Crippen molar-refractivity contribution in [3.63, 3.8) is 0 Å². The average molecular weight is 597 g/mol. The van der Waals surface area contributed by atoms with E-state index >= 15 is 0 Å². The van der Waals surface area contributed by atoms with Crippen LogP contribution in [0.25, 0.3) is 0 Å². The monoisotopic (exact) mass is 596 g/mol. The van der Waals surface area contributed by atoms with Crippen molar-refractivity contribution >= 4 is 12.4 Å². The van der Waals surface area contributed by atoms with E-state index in [0.717, 1.165) is 22.3 Å². The van der Waals surface area contributed by atoms with E-state index in [1.807, 2.05) is 24.3 Å². The molecule has 5 heteroatoms. The second-order valence-corrected chi connectivity index (χ2v) is 14.0. The topological polar surface area (TPSA) is 70.8 Å². The molecule has 0 N–H and O–H groups in total. The predicted octanol–water partition coefficient (Wildman–Crippen LogP) is 6.56. The third kappa shape index (κ3) is 8.79. The summed E-state index contributed by atoms with van der Waals surface area (Å²) >= 11 is 0. The molecule has 0 spiro atoms. The van der Waals surface area contributed by atoms with Crippen LogP contribution in [-0.4, -0.2) is 25.5 Å². The van der Waals surface area contributed by atoms with Crippen LogP contribution in [0, 0.1) is 0 Å². The second kappa shape index (κ2) is 11.8. The zero-order chi connectivity index (χ0) is 27.7. The van der Waals surface area contributed by atoms with Gasteiger partial charge in [-0.1, -0.05) is 119 Å². The molecular weight excluding hydrogens is 551 g/mol. The zero-order valence-electron chi connectivity index (χ0n) is 24.9. The summed E-state index contributed by atoms with van der Waals surface area (Å²) in [7, 11) is 0. The number of aliphatic imine (C=N–C) groups is 2. The van der Waals surface area contributed by atoms with Crippen LogP contribution in [0.2, 0.25) is 0 Å². The van der Waals surface area contributed by atoms with Gasteiger partial charge in [0, 0.05) is 12.4 Å². The summed E-state index contributed by atoms with van der Waals surface area (Å²) in [4.78, 5) is 9.00. The molecule has 0 aliphatic carbocycles. The molecule has 0 atom stereocenters. The Kier molecular flexibility index (Phi) is 10.6. The smallest absolute Gasteiger partial charge is 0.872 e. The molecule has 37 heavy (non-hydrogen) atoms. The van der Waals surface area contributed by atoms with Gasteiger partial charge in [-0.25, -0.2) is 0 Å². The third-order valence-corrected chi connectivity index (χ3v) is 6.40. The van der Waals surface area contributed by atoms with Crippen LogP contribution in [0.1, 0.15) is 116 Å². The fourth-order valence-corrected chi connectivity index (χ4v) is 3.92. The number of hydrogen-bond donors (Lipinski definition) is 0. The third-order valence-electron chi connectivity index (χ3n) is 6.40. The van der Waals surface area contributed by atoms with Gasteiger partial charge in [0.1, 0.15) is 0 Å². The van der Waals surface area contributed by atoms with Gasteiger partial charge < -0.3 is 10.2 Å². The summed E-state index contributed by atoms with van der Waals surface area (Å²) in [5, 5.41) is 26.2. The van der Waals surface area contributed by atoms with Crippen molar-refractivity contribution in [1.82, 2.24) is 0 Å². The van der Waals surface area contributed by atoms with Crippen molar-refractivity contribution < 1.29 is 30.6 Å². The van der Waals surface area contributed by atoms with E-state index in [9.17, 15) is 10.2 Å². The van der Waals surface area contributed by atoms with Crippen molar-refractivity contribution in [1.29, 1.82) is 0 Å². The van der Waals surface area contributed by atoms with Crippen LogP contribution >= 0.6 is 0 Å². The Morgan fingerprint density at radius 1 is 0.541 bits per heavy atom. The van der Waals surface area contributed by atoms with Gasteiger partial charge in [-0.15, -0.1) is 0 Å². The standard InChI is InChI=1S/C32H48N2O2.Pd/c1-29(2,3)23-15-21(27(35)25(17-23)31(7,8)9)19-33-13-14-34-20-22-16-24(30(4,5)6)18-26(28(22)36)32(10,11)12;/h15-20,35-36H,13-14H2,1-12H3;/q;+2/p-2. The summed E-state index contributed by atoms with van der Waals surface area (Å²) in [5.41, 5.74) is 4.50. The molecule has 4 nitrogen and oxygen atoms in total. The molecule has 0 fully saturated rings. The van der Waals surface area contributed by atoms with Gasteiger partial charge in [0.15, 0.2) is 0 Å². The van der Waals surface area contributed by atoms with E-state index in [1.165, 1.54) is 0 Å². The molecule has 0 radical (unpaired) electrons. The normalized spacial score (nSPS) is 13.4. The van der Waals surface area contributed by atoms with Crippen LogP contribution in [0.5, 0.6) is 11.5 Å². The molecule has 0 aromatic heterocycles. The van der Waals surface area contributed by atoms with E-state index in [2.05, 4.69) is 93.1 Å². The fourth-order valence-electron chi connectivity index (χ4n) is 3.92. The molecule has 0 saturated heterocycles. The van der Waals surface area contributed by atoms with Crippen molar-refractivity contribution in [2.24, 2.45) is 9.98 Å². The van der Waals surface area contributed by atoms with E-state index in [1.54, 1.807) is 12.4 Å². The van der Waals surface area contributed by atoms with Gasteiger partial charge >= 0.3 is 20.4 Å². The SMILES string of the molecule is CC(C)(C)c1cc(C=NCCN=Cc2cc(C(C)(C)C)cc(C(C)(C)C)c2[O-])c([O-])c(C(C)(C)C)c1.[Pd+2]. The van der Waals surface area contributed by atoms with E-state index in [-0.39, 0.29) is 53.6 Å². The number of benzene rings is 2. The first-order valence-electron chi connectivity index (χ1n) is 12.9. The molecule has 0 bridgehead atoms. The van der Waals surface area contributed by atoms with E-state index < -0.39 is 0 Å². The fraction of sp³-hybridized carbons (Fsp3) is 0.562. The summed E-state index contributed by atoms with van der Waals surface area (Å²) in [6.45, 7) is 26.2. The molecule has 0 amide bonds. The quantitative estimate of drug-likeness (QED) is 0.223. The van der Waals surface area contributed by atoms with Crippen molar-refractivity contribution in [2.45, 2.75) is 105 Å². The van der Waals surface area contributed by atoms with Crippen molar-refractivity contribution in [2.75, 3.05) is 13.1 Å². The Labute approximate surface area is 239 Å². The molecule has 2 rings (SSSR count). The minimum absolute atomic E-state index is 0. The van der Waals surface area contributed by atoms with Gasteiger partial charge in [0.25, 0.3) is 0 Å². The Morgan fingerprint density at radius 3 is 1.08 bits per heavy atom. The van der Waals surface area contributed by atoms with Crippen molar-refractivity contribution in [3.8, 4) is 11.5 Å². The van der Waals surface area contributed by atoms with Crippen LogP contribution in [-0.2, 0) is 42.1 Å². The van der Waals surface area contributed by atoms with Crippen molar-refractivity contribution in [3.05, 3.63) is 57.6 Å². The van der Waals surface area contributed by atoms with Gasteiger partial charge in [0.05, 0.1) is 13.1 Å². The Balaban J connectivity index is 0.00000684. The first kappa shape index (κ1) is 33.1. The largest absolute Gasteiger partial charge is 2.00 e. The molecule has 206 valence electrons. The predicted molar refractivity (Wildman–Crippen MR) is 151 cm³/mol. The molecule has 0 aliphatic heterocycles. The van der Waals surface area contributed by atoms with Gasteiger partial charge in [-0.3, -0.25) is 9.98 Å². The van der Waals surface area contributed by atoms with Crippen LogP contribution in [0.3, 0.4) is 0 Å². The first-order chi connectivity index (χ1) is 16.2. The maximum absolute atomic E-state index is 13.1. The minimum atomic E-state index is -0.241. The molecule has 2 aromatic carbocycles. The van der Waals surface area contributed by atoms with Crippen LogP contribution < -0.4 is 10.2 Å². The Morgan fingerprint density at radius 2 is 0.838 bits per heavy atom. The van der Waals surface area contributed by atoms with E-state index in [0.29, 0.717) is 24.2 Å². The van der Waals surface area contributed by atoms with Crippen LogP contribution in [0.4, 0.5) is 0 Å². The van der Waals surface area contributed by atoms with Crippen LogP contribution in [0.15, 0.2) is 34.3 Å². The molecule has 2 aromatic rings. The maximum atomic E-state index is 13.1. The van der Waals surface area contributed by atoms with E-state index in [4.69, 9.17) is 0 Å². The van der Waals surface area contributed by atoms with Gasteiger partial charge in [-0.2, -0.15) is 0 Å². The number of nitrogens with zero attached hydrogens (tertiary/aromatic N) is 2. The number of rotatable bonds is 5. The molecule has 0 heterocycles. The Hall–Kier alpha value is -1.96. The average Bonchev–Trinajstić information content (AvgIpc) is 2.69. The summed E-state index contributed by atoms with van der Waals surface area (Å²) in [6.07, 6.45) is 3.36. The number of hydrogen-bond acceptors (Lipinski definition) is 4. The minimum Gasteiger partial charge on any atom is -0.872 e. The zero-order valence-corrected chi connectivity index (χ0v) is 26.5. The summed E-state index contributed by atoms with van der Waals surface area (Å²) < 4.78 is 0. The summed E-state index contributed by atoms with van der Waals surface area (Å²) in [5.74, 6) is 0.0694. The second-order valence-electron chi connectivity index (χ2n) is 14.0. The molecular formula is C32H46N2O2Pd. The molecule has 0 aliphatic rings. The maximum Gasteiger partial charge on any atom is 2.00 e.